The minimum absolute atomic E-state index is 0.0451. The van der Waals surface area contributed by atoms with Crippen molar-refractivity contribution in [1.29, 1.82) is 0 Å². The van der Waals surface area contributed by atoms with E-state index in [0.717, 1.165) is 16.8 Å². The van der Waals surface area contributed by atoms with E-state index < -0.39 is 0 Å². The molecule has 4 heteroatoms. The van der Waals surface area contributed by atoms with E-state index in [0.29, 0.717) is 0 Å². The molecule has 0 spiro atoms. The van der Waals surface area contributed by atoms with Crippen LogP contribution in [0.25, 0.3) is 10.9 Å². The zero-order chi connectivity index (χ0) is 15.6. The minimum Gasteiger partial charge on any atom is -0.497 e. The summed E-state index contributed by atoms with van der Waals surface area (Å²) in [4.78, 5) is 7.59. The Hall–Kier alpha value is -3.01. The highest BCUT2D eigenvalue weighted by Crippen LogP contribution is 2.33. The molecule has 0 fully saturated rings. The van der Waals surface area contributed by atoms with Crippen LogP contribution >= 0.6 is 0 Å². The van der Waals surface area contributed by atoms with Crippen LogP contribution in [-0.4, -0.2) is 21.6 Å². The van der Waals surface area contributed by atoms with E-state index in [1.807, 2.05) is 36.9 Å². The molecule has 114 valence electrons. The SMILES string of the molecule is COc1cccc(C(c2c[nH]c3ccccc23)n2ccnc2)c1. The first-order valence-electron chi connectivity index (χ1n) is 7.54. The number of fused-ring (bicyclic) bond motifs is 1. The molecule has 1 atom stereocenters. The molecule has 0 radical (unpaired) electrons. The highest BCUT2D eigenvalue weighted by atomic mass is 16.5. The molecule has 1 N–H and O–H groups in total. The van der Waals surface area contributed by atoms with Crippen LogP contribution in [0.4, 0.5) is 0 Å². The van der Waals surface area contributed by atoms with Gasteiger partial charge in [-0.2, -0.15) is 0 Å². The average molecular weight is 303 g/mol. The monoisotopic (exact) mass is 303 g/mol. The molecule has 2 aromatic heterocycles. The van der Waals surface area contributed by atoms with Crippen LogP contribution in [0.15, 0.2) is 73.4 Å². The van der Waals surface area contributed by atoms with Crippen molar-refractivity contribution in [2.24, 2.45) is 0 Å². The number of benzene rings is 2. The van der Waals surface area contributed by atoms with Crippen molar-refractivity contribution in [2.45, 2.75) is 6.04 Å². The van der Waals surface area contributed by atoms with Gasteiger partial charge in [-0.25, -0.2) is 4.98 Å². The van der Waals surface area contributed by atoms with Gasteiger partial charge in [-0.15, -0.1) is 0 Å². The van der Waals surface area contributed by atoms with Gasteiger partial charge < -0.3 is 14.3 Å². The number of H-pyrrole nitrogens is 1. The molecule has 0 aliphatic rings. The van der Waals surface area contributed by atoms with Crippen molar-refractivity contribution in [3.63, 3.8) is 0 Å². The number of aromatic nitrogens is 3. The number of nitrogens with one attached hydrogen (secondary N) is 1. The van der Waals surface area contributed by atoms with Gasteiger partial charge in [-0.05, 0) is 23.8 Å². The van der Waals surface area contributed by atoms with Crippen molar-refractivity contribution < 1.29 is 4.74 Å². The predicted octanol–water partition coefficient (Wildman–Crippen LogP) is 4.01. The van der Waals surface area contributed by atoms with Gasteiger partial charge >= 0.3 is 0 Å². The van der Waals surface area contributed by atoms with E-state index in [9.17, 15) is 0 Å². The summed E-state index contributed by atoms with van der Waals surface area (Å²) >= 11 is 0. The highest BCUT2D eigenvalue weighted by molar-refractivity contribution is 5.84. The molecule has 4 aromatic rings. The summed E-state index contributed by atoms with van der Waals surface area (Å²) in [6, 6.07) is 16.6. The number of methoxy groups -OCH3 is 1. The normalized spacial score (nSPS) is 12.4. The molecule has 0 bridgehead atoms. The van der Waals surface area contributed by atoms with Crippen molar-refractivity contribution in [2.75, 3.05) is 7.11 Å². The average Bonchev–Trinajstić information content (AvgIpc) is 3.26. The Morgan fingerprint density at radius 2 is 2.04 bits per heavy atom. The van der Waals surface area contributed by atoms with Crippen LogP contribution in [0, 0.1) is 0 Å². The zero-order valence-electron chi connectivity index (χ0n) is 12.8. The molecule has 0 saturated heterocycles. The quantitative estimate of drug-likeness (QED) is 0.619. The van der Waals surface area contributed by atoms with Gasteiger partial charge in [0.2, 0.25) is 0 Å². The van der Waals surface area contributed by atoms with Crippen LogP contribution in [0.2, 0.25) is 0 Å². The maximum absolute atomic E-state index is 5.39. The standard InChI is InChI=1S/C19H17N3O/c1-23-15-6-4-5-14(11-15)19(22-10-9-20-13-22)17-12-21-18-8-3-2-7-16(17)18/h2-13,19,21H,1H3. The molecule has 23 heavy (non-hydrogen) atoms. The number of nitrogens with zero attached hydrogens (tertiary/aromatic N) is 2. The van der Waals surface area contributed by atoms with Crippen molar-refractivity contribution in [3.8, 4) is 5.75 Å². The third-order valence-electron chi connectivity index (χ3n) is 4.15. The van der Waals surface area contributed by atoms with E-state index >= 15 is 0 Å². The first kappa shape index (κ1) is 13.6. The zero-order valence-corrected chi connectivity index (χ0v) is 12.8. The number of para-hydroxylation sites is 1. The van der Waals surface area contributed by atoms with Crippen LogP contribution in [0.1, 0.15) is 17.2 Å². The van der Waals surface area contributed by atoms with Gasteiger partial charge in [0.25, 0.3) is 0 Å². The second kappa shape index (κ2) is 5.65. The van der Waals surface area contributed by atoms with Gasteiger partial charge in [-0.1, -0.05) is 30.3 Å². The van der Waals surface area contributed by atoms with E-state index in [1.165, 1.54) is 10.9 Å². The number of hydrogen-bond acceptors (Lipinski definition) is 2. The molecule has 0 amide bonds. The van der Waals surface area contributed by atoms with Crippen molar-refractivity contribution >= 4 is 10.9 Å². The highest BCUT2D eigenvalue weighted by Gasteiger charge is 2.20. The molecular formula is C19H17N3O. The largest absolute Gasteiger partial charge is 0.497 e. The summed E-state index contributed by atoms with van der Waals surface area (Å²) in [6.07, 6.45) is 7.73. The molecule has 0 saturated carbocycles. The molecular weight excluding hydrogens is 286 g/mol. The summed E-state index contributed by atoms with van der Waals surface area (Å²) in [5, 5.41) is 1.22. The molecule has 4 rings (SSSR count). The van der Waals surface area contributed by atoms with Crippen molar-refractivity contribution in [1.82, 2.24) is 14.5 Å². The number of aromatic amines is 1. The summed E-state index contributed by atoms with van der Waals surface area (Å²) < 4.78 is 7.51. The Bertz CT molecular complexity index is 925. The Morgan fingerprint density at radius 3 is 2.87 bits per heavy atom. The van der Waals surface area contributed by atoms with Gasteiger partial charge in [0.1, 0.15) is 5.75 Å². The lowest BCUT2D eigenvalue weighted by Crippen LogP contribution is -2.10. The maximum atomic E-state index is 5.39. The van der Waals surface area contributed by atoms with Gasteiger partial charge in [0, 0.05) is 35.1 Å². The smallest absolute Gasteiger partial charge is 0.119 e. The Morgan fingerprint density at radius 1 is 1.13 bits per heavy atom. The van der Waals surface area contributed by atoms with Crippen molar-refractivity contribution in [3.05, 3.63) is 84.6 Å². The van der Waals surface area contributed by atoms with Gasteiger partial charge in [-0.3, -0.25) is 0 Å². The van der Waals surface area contributed by atoms with Crippen LogP contribution in [0.3, 0.4) is 0 Å². The second-order valence-electron chi connectivity index (χ2n) is 5.48. The fourth-order valence-corrected chi connectivity index (χ4v) is 3.07. The van der Waals surface area contributed by atoms with Gasteiger partial charge in [0.15, 0.2) is 0 Å². The van der Waals surface area contributed by atoms with E-state index in [-0.39, 0.29) is 6.04 Å². The fraction of sp³-hybridized carbons (Fsp3) is 0.105. The lowest BCUT2D eigenvalue weighted by Gasteiger charge is -2.19. The molecule has 1 unspecified atom stereocenters. The summed E-state index contributed by atoms with van der Waals surface area (Å²) in [7, 11) is 1.69. The van der Waals surface area contributed by atoms with Crippen LogP contribution < -0.4 is 4.74 Å². The number of rotatable bonds is 4. The molecule has 4 nitrogen and oxygen atoms in total. The third-order valence-corrected chi connectivity index (χ3v) is 4.15. The van der Waals surface area contributed by atoms with E-state index in [1.54, 1.807) is 7.11 Å². The first-order valence-corrected chi connectivity index (χ1v) is 7.54. The lowest BCUT2D eigenvalue weighted by atomic mass is 9.97. The lowest BCUT2D eigenvalue weighted by molar-refractivity contribution is 0.413. The number of hydrogen-bond donors (Lipinski definition) is 1. The molecule has 2 heterocycles. The molecule has 0 aliphatic heterocycles. The molecule has 2 aromatic carbocycles. The van der Waals surface area contributed by atoms with E-state index in [4.69, 9.17) is 4.74 Å². The Labute approximate surface area is 134 Å². The summed E-state index contributed by atoms with van der Waals surface area (Å²) in [5.74, 6) is 0.854. The third kappa shape index (κ3) is 2.38. The maximum Gasteiger partial charge on any atom is 0.119 e. The summed E-state index contributed by atoms with van der Waals surface area (Å²) in [6.45, 7) is 0. The second-order valence-corrected chi connectivity index (χ2v) is 5.48. The number of imidazole rings is 1. The predicted molar refractivity (Wildman–Crippen MR) is 90.8 cm³/mol. The van der Waals surface area contributed by atoms with Crippen LogP contribution in [0.5, 0.6) is 5.75 Å². The molecule has 0 aliphatic carbocycles. The first-order chi connectivity index (χ1) is 11.4. The topological polar surface area (TPSA) is 42.8 Å². The van der Waals surface area contributed by atoms with Gasteiger partial charge in [0.05, 0.1) is 19.5 Å². The van der Waals surface area contributed by atoms with E-state index in [2.05, 4.69) is 51.1 Å². The minimum atomic E-state index is 0.0451. The summed E-state index contributed by atoms with van der Waals surface area (Å²) in [5.41, 5.74) is 3.51. The number of ether oxygens (including phenoxy) is 1. The fourth-order valence-electron chi connectivity index (χ4n) is 3.07. The van der Waals surface area contributed by atoms with Crippen LogP contribution in [-0.2, 0) is 0 Å². The Balaban J connectivity index is 1.93. The Kier molecular flexibility index (Phi) is 3.35.